The molecule has 3 N–H and O–H groups in total. The van der Waals surface area contributed by atoms with Gasteiger partial charge in [0.15, 0.2) is 0 Å². The number of unbranched alkanes of at least 4 members (excludes halogenated alkanes) is 3. The van der Waals surface area contributed by atoms with Crippen molar-refractivity contribution in [3.8, 4) is 0 Å². The Morgan fingerprint density at radius 3 is 2.60 bits per heavy atom. The van der Waals surface area contributed by atoms with Crippen molar-refractivity contribution in [2.45, 2.75) is 63.4 Å². The minimum atomic E-state index is -0.989. The van der Waals surface area contributed by atoms with E-state index in [1.807, 2.05) is 0 Å². The maximum absolute atomic E-state index is 9.70. The maximum Gasteiger partial charge on any atom is 0.114 e. The van der Waals surface area contributed by atoms with E-state index in [1.165, 1.54) is 19.3 Å². The normalized spacial score (nSPS) is 28.3. The highest BCUT2D eigenvalue weighted by Gasteiger charge is 2.40. The third kappa shape index (κ3) is 5.89. The molecule has 1 rings (SSSR count). The molecule has 1 aliphatic rings. The lowest BCUT2D eigenvalue weighted by Gasteiger charge is -2.24. The maximum atomic E-state index is 9.70. The smallest absolute Gasteiger partial charge is 0.114 e. The van der Waals surface area contributed by atoms with Crippen LogP contribution in [-0.4, -0.2) is 59.6 Å². The predicted octanol–water partition coefficient (Wildman–Crippen LogP) is 1.01. The van der Waals surface area contributed by atoms with Crippen LogP contribution in [0.3, 0.4) is 0 Å². The highest BCUT2D eigenvalue weighted by molar-refractivity contribution is 4.89. The minimum absolute atomic E-state index is 0.0863. The number of ether oxygens (including phenoxy) is 2. The van der Waals surface area contributed by atoms with E-state index in [1.54, 1.807) is 0 Å². The van der Waals surface area contributed by atoms with Crippen molar-refractivity contribution >= 4 is 0 Å². The fourth-order valence-corrected chi connectivity index (χ4v) is 2.24. The van der Waals surface area contributed by atoms with Gasteiger partial charge in [0.05, 0.1) is 19.8 Å². The van der Waals surface area contributed by atoms with E-state index in [9.17, 15) is 15.3 Å². The van der Waals surface area contributed by atoms with Gasteiger partial charge in [0.2, 0.25) is 0 Å². The summed E-state index contributed by atoms with van der Waals surface area (Å²) in [5.41, 5.74) is 0. The van der Waals surface area contributed by atoms with Gasteiger partial charge < -0.3 is 24.8 Å². The third-order valence-corrected chi connectivity index (χ3v) is 3.49. The lowest BCUT2D eigenvalue weighted by atomic mass is 10.1. The Balaban J connectivity index is 2.15. The van der Waals surface area contributed by atoms with Crippen LogP contribution in [0.1, 0.15) is 39.0 Å². The van der Waals surface area contributed by atoms with Crippen LogP contribution in [0.2, 0.25) is 0 Å². The average molecular weight is 288 g/mol. The van der Waals surface area contributed by atoms with Gasteiger partial charge >= 0.3 is 0 Å². The van der Waals surface area contributed by atoms with Crippen LogP contribution in [0.4, 0.5) is 0 Å². The van der Waals surface area contributed by atoms with Gasteiger partial charge in [-0.1, -0.05) is 31.9 Å². The average Bonchev–Trinajstić information content (AvgIpc) is 2.78. The van der Waals surface area contributed by atoms with Gasteiger partial charge in [0.1, 0.15) is 24.4 Å². The van der Waals surface area contributed by atoms with Crippen LogP contribution in [-0.2, 0) is 9.47 Å². The lowest BCUT2D eigenvalue weighted by molar-refractivity contribution is -0.0996. The summed E-state index contributed by atoms with van der Waals surface area (Å²) in [4.78, 5) is 0. The van der Waals surface area contributed by atoms with Crippen molar-refractivity contribution in [1.29, 1.82) is 0 Å². The summed E-state index contributed by atoms with van der Waals surface area (Å²) in [6.07, 6.45) is 6.67. The van der Waals surface area contributed by atoms with Crippen molar-refractivity contribution in [1.82, 2.24) is 0 Å². The molecule has 0 radical (unpaired) electrons. The summed E-state index contributed by atoms with van der Waals surface area (Å²) in [5.74, 6) is 0. The number of aliphatic hydroxyl groups excluding tert-OH is 3. The molecule has 1 heterocycles. The summed E-state index contributed by atoms with van der Waals surface area (Å²) < 4.78 is 10.8. The molecular weight excluding hydrogens is 260 g/mol. The molecule has 0 unspecified atom stereocenters. The van der Waals surface area contributed by atoms with Crippen molar-refractivity contribution in [3.63, 3.8) is 0 Å². The molecule has 0 aromatic carbocycles. The monoisotopic (exact) mass is 288 g/mol. The van der Waals surface area contributed by atoms with Crippen LogP contribution < -0.4 is 0 Å². The van der Waals surface area contributed by atoms with E-state index in [0.717, 1.165) is 12.8 Å². The van der Waals surface area contributed by atoms with Gasteiger partial charge in [-0.05, 0) is 19.3 Å². The van der Waals surface area contributed by atoms with Crippen LogP contribution >= 0.6 is 0 Å². The van der Waals surface area contributed by atoms with Crippen molar-refractivity contribution in [2.24, 2.45) is 0 Å². The fraction of sp³-hybridized carbons (Fsp3) is 0.867. The third-order valence-electron chi connectivity index (χ3n) is 3.49. The first kappa shape index (κ1) is 17.6. The summed E-state index contributed by atoms with van der Waals surface area (Å²) in [6.45, 7) is 2.51. The van der Waals surface area contributed by atoms with Crippen LogP contribution in [0.25, 0.3) is 0 Å². The predicted molar refractivity (Wildman–Crippen MR) is 76.5 cm³/mol. The van der Waals surface area contributed by atoms with E-state index in [4.69, 9.17) is 9.47 Å². The van der Waals surface area contributed by atoms with E-state index < -0.39 is 24.4 Å². The zero-order valence-electron chi connectivity index (χ0n) is 12.3. The number of rotatable bonds is 10. The standard InChI is InChI=1S/C15H28O5/c1-2-3-4-5-6-7-8-9-19-13(10-16)15-14(18)12(17)11-20-15/h6-7,12-18H,2-5,8-11H2,1H3/b7-6+/t12-,13+,14-,15-/m1/s1. The van der Waals surface area contributed by atoms with Gasteiger partial charge in [-0.15, -0.1) is 0 Å². The molecular formula is C15H28O5. The van der Waals surface area contributed by atoms with Gasteiger partial charge in [-0.2, -0.15) is 0 Å². The highest BCUT2D eigenvalue weighted by atomic mass is 16.6. The Morgan fingerprint density at radius 1 is 1.25 bits per heavy atom. The SMILES string of the molecule is CCCCC/C=C/CCO[C@@H](CO)[C@H]1OC[C@@H](O)[C@H]1O. The molecule has 0 aromatic heterocycles. The Labute approximate surface area is 121 Å². The molecule has 1 fully saturated rings. The second-order valence-corrected chi connectivity index (χ2v) is 5.20. The lowest BCUT2D eigenvalue weighted by Crippen LogP contribution is -2.42. The van der Waals surface area contributed by atoms with Crippen LogP contribution in [0.5, 0.6) is 0 Å². The molecule has 0 amide bonds. The first-order valence-electron chi connectivity index (χ1n) is 7.55. The summed E-state index contributed by atoms with van der Waals surface area (Å²) >= 11 is 0. The quantitative estimate of drug-likeness (QED) is 0.413. The second kappa shape index (κ2) is 10.3. The van der Waals surface area contributed by atoms with Gasteiger partial charge in [-0.3, -0.25) is 0 Å². The second-order valence-electron chi connectivity index (χ2n) is 5.20. The molecule has 0 bridgehead atoms. The Bertz CT molecular complexity index is 269. The summed E-state index contributed by atoms with van der Waals surface area (Å²) in [5, 5.41) is 28.4. The van der Waals surface area contributed by atoms with E-state index >= 15 is 0 Å². The van der Waals surface area contributed by atoms with E-state index in [0.29, 0.717) is 6.61 Å². The first-order valence-corrected chi connectivity index (χ1v) is 7.55. The van der Waals surface area contributed by atoms with Gasteiger partial charge in [0, 0.05) is 0 Å². The largest absolute Gasteiger partial charge is 0.394 e. The molecule has 4 atom stereocenters. The van der Waals surface area contributed by atoms with E-state index in [-0.39, 0.29) is 13.2 Å². The Hall–Kier alpha value is -0.460. The number of allylic oxidation sites excluding steroid dienone is 1. The molecule has 1 saturated heterocycles. The molecule has 20 heavy (non-hydrogen) atoms. The fourth-order valence-electron chi connectivity index (χ4n) is 2.24. The Morgan fingerprint density at radius 2 is 2.00 bits per heavy atom. The molecule has 0 aliphatic carbocycles. The summed E-state index contributed by atoms with van der Waals surface area (Å²) in [6, 6.07) is 0. The molecule has 0 saturated carbocycles. The minimum Gasteiger partial charge on any atom is -0.394 e. The number of hydrogen-bond donors (Lipinski definition) is 3. The number of aliphatic hydroxyl groups is 3. The topological polar surface area (TPSA) is 79.2 Å². The van der Waals surface area contributed by atoms with Crippen LogP contribution in [0, 0.1) is 0 Å². The zero-order chi connectivity index (χ0) is 14.8. The Kier molecular flexibility index (Phi) is 9.05. The molecule has 5 heteroatoms. The highest BCUT2D eigenvalue weighted by Crippen LogP contribution is 2.19. The summed E-state index contributed by atoms with van der Waals surface area (Å²) in [7, 11) is 0. The molecule has 0 aromatic rings. The molecule has 1 aliphatic heterocycles. The van der Waals surface area contributed by atoms with Gasteiger partial charge in [-0.25, -0.2) is 0 Å². The van der Waals surface area contributed by atoms with Crippen molar-refractivity contribution in [3.05, 3.63) is 12.2 Å². The first-order chi connectivity index (χ1) is 9.70. The number of hydrogen-bond acceptors (Lipinski definition) is 5. The van der Waals surface area contributed by atoms with Gasteiger partial charge in [0.25, 0.3) is 0 Å². The van der Waals surface area contributed by atoms with E-state index in [2.05, 4.69) is 19.1 Å². The van der Waals surface area contributed by atoms with Crippen LogP contribution in [0.15, 0.2) is 12.2 Å². The molecule has 5 nitrogen and oxygen atoms in total. The molecule has 118 valence electrons. The van der Waals surface area contributed by atoms with Crippen molar-refractivity contribution in [2.75, 3.05) is 19.8 Å². The zero-order valence-corrected chi connectivity index (χ0v) is 12.3. The molecule has 0 spiro atoms. The van der Waals surface area contributed by atoms with Crippen molar-refractivity contribution < 1.29 is 24.8 Å².